The molecule has 5 aliphatic carbocycles. The Labute approximate surface area is 263 Å². The molecular formula is C43H56. The second-order valence-electron chi connectivity index (χ2n) is 18.0. The van der Waals surface area contributed by atoms with Crippen LogP contribution in [0.1, 0.15) is 142 Å². The highest BCUT2D eigenvalue weighted by Crippen LogP contribution is 2.73. The third-order valence-corrected chi connectivity index (χ3v) is 12.5. The van der Waals surface area contributed by atoms with Crippen LogP contribution in [0.2, 0.25) is 0 Å². The summed E-state index contributed by atoms with van der Waals surface area (Å²) in [5.41, 5.74) is 15.2. The molecule has 0 saturated heterocycles. The zero-order valence-electron chi connectivity index (χ0n) is 28.7. The summed E-state index contributed by atoms with van der Waals surface area (Å²) in [6, 6.07) is 15.4. The molecule has 0 spiro atoms. The van der Waals surface area contributed by atoms with Crippen molar-refractivity contribution in [3.63, 3.8) is 0 Å². The Morgan fingerprint density at radius 3 is 1.81 bits per heavy atom. The number of benzene rings is 2. The number of rotatable bonds is 2. The molecule has 1 fully saturated rings. The van der Waals surface area contributed by atoms with Gasteiger partial charge in [0.1, 0.15) is 0 Å². The van der Waals surface area contributed by atoms with E-state index in [1.165, 1.54) is 73.6 Å². The summed E-state index contributed by atoms with van der Waals surface area (Å²) in [7, 11) is 0. The first kappa shape index (κ1) is 29.4. The molecule has 2 aromatic carbocycles. The number of hydrogen-bond acceptors (Lipinski definition) is 0. The van der Waals surface area contributed by atoms with Crippen molar-refractivity contribution in [1.29, 1.82) is 0 Å². The quantitative estimate of drug-likeness (QED) is 0.314. The Morgan fingerprint density at radius 1 is 0.674 bits per heavy atom. The molecule has 228 valence electrons. The molecule has 43 heavy (non-hydrogen) atoms. The van der Waals surface area contributed by atoms with Gasteiger partial charge in [0.15, 0.2) is 0 Å². The van der Waals surface area contributed by atoms with E-state index in [0.29, 0.717) is 11.8 Å². The van der Waals surface area contributed by atoms with Crippen LogP contribution in [0.4, 0.5) is 0 Å². The summed E-state index contributed by atoms with van der Waals surface area (Å²) in [6.07, 6.45) is 18.5. The molecule has 4 atom stereocenters. The second-order valence-corrected chi connectivity index (χ2v) is 18.0. The lowest BCUT2D eigenvalue weighted by Gasteiger charge is -2.52. The lowest BCUT2D eigenvalue weighted by atomic mass is 9.50. The summed E-state index contributed by atoms with van der Waals surface area (Å²) in [5, 5.41) is 0. The molecule has 0 amide bonds. The van der Waals surface area contributed by atoms with Crippen molar-refractivity contribution in [2.45, 2.75) is 130 Å². The maximum atomic E-state index is 2.79. The van der Waals surface area contributed by atoms with Gasteiger partial charge in [0, 0.05) is 11.3 Å². The smallest absolute Gasteiger partial charge is 0.0204 e. The third-order valence-electron chi connectivity index (χ3n) is 12.5. The van der Waals surface area contributed by atoms with Gasteiger partial charge in [0.2, 0.25) is 0 Å². The van der Waals surface area contributed by atoms with E-state index >= 15 is 0 Å². The van der Waals surface area contributed by atoms with Crippen LogP contribution in [0, 0.1) is 28.6 Å². The SMILES string of the molecule is CC(C)(C)C1=CC2=C(C1)C1CCCCC1C2(C1CC=CCC1)C1c2ccc(C(C)(C)C)cc2-c2cc(C(C)(C)C)ccc21. The van der Waals surface area contributed by atoms with Gasteiger partial charge in [-0.2, -0.15) is 0 Å². The Bertz CT molecular complexity index is 1470. The maximum Gasteiger partial charge on any atom is 0.0204 e. The van der Waals surface area contributed by atoms with Crippen LogP contribution >= 0.6 is 0 Å². The van der Waals surface area contributed by atoms with Gasteiger partial charge in [-0.3, -0.25) is 0 Å². The van der Waals surface area contributed by atoms with E-state index < -0.39 is 0 Å². The van der Waals surface area contributed by atoms with E-state index in [0.717, 1.165) is 11.8 Å². The lowest BCUT2D eigenvalue weighted by Crippen LogP contribution is -2.45. The van der Waals surface area contributed by atoms with Gasteiger partial charge in [0.25, 0.3) is 0 Å². The normalized spacial score (nSPS) is 29.0. The Balaban J connectivity index is 1.54. The molecule has 7 rings (SSSR count). The van der Waals surface area contributed by atoms with Crippen molar-refractivity contribution >= 4 is 0 Å². The molecule has 0 radical (unpaired) electrons. The first-order chi connectivity index (χ1) is 20.2. The van der Waals surface area contributed by atoms with Crippen LogP contribution in [0.5, 0.6) is 0 Å². The highest BCUT2D eigenvalue weighted by molar-refractivity contribution is 5.82. The van der Waals surface area contributed by atoms with Crippen molar-refractivity contribution in [3.05, 3.63) is 93.6 Å². The topological polar surface area (TPSA) is 0 Å². The summed E-state index contributed by atoms with van der Waals surface area (Å²) in [6.45, 7) is 21.6. The van der Waals surface area contributed by atoms with Gasteiger partial charge in [-0.05, 0) is 111 Å². The van der Waals surface area contributed by atoms with Crippen LogP contribution in [-0.4, -0.2) is 0 Å². The van der Waals surface area contributed by atoms with Crippen molar-refractivity contribution in [1.82, 2.24) is 0 Å². The molecule has 0 aromatic heterocycles. The predicted octanol–water partition coefficient (Wildman–Crippen LogP) is 12.2. The highest BCUT2D eigenvalue weighted by Gasteiger charge is 2.63. The Kier molecular flexibility index (Phi) is 6.71. The van der Waals surface area contributed by atoms with Gasteiger partial charge >= 0.3 is 0 Å². The lowest BCUT2D eigenvalue weighted by molar-refractivity contribution is 0.0549. The molecule has 0 nitrogen and oxygen atoms in total. The molecule has 0 heteroatoms. The summed E-state index contributed by atoms with van der Waals surface area (Å²) in [5.74, 6) is 2.65. The van der Waals surface area contributed by atoms with Crippen LogP contribution < -0.4 is 0 Å². The van der Waals surface area contributed by atoms with Gasteiger partial charge < -0.3 is 0 Å². The molecular weight excluding hydrogens is 516 g/mol. The van der Waals surface area contributed by atoms with E-state index in [-0.39, 0.29) is 21.7 Å². The molecule has 4 unspecified atom stereocenters. The average molecular weight is 573 g/mol. The highest BCUT2D eigenvalue weighted by atomic mass is 14.7. The average Bonchev–Trinajstić information content (AvgIpc) is 3.61. The summed E-state index contributed by atoms with van der Waals surface area (Å²) >= 11 is 0. The fraction of sp³-hybridized carbons (Fsp3) is 0.581. The molecule has 2 aromatic rings. The van der Waals surface area contributed by atoms with E-state index in [1.807, 2.05) is 5.57 Å². The second kappa shape index (κ2) is 9.83. The molecule has 0 aliphatic heterocycles. The fourth-order valence-electron chi connectivity index (χ4n) is 10.2. The van der Waals surface area contributed by atoms with Gasteiger partial charge in [-0.15, -0.1) is 0 Å². The van der Waals surface area contributed by atoms with Gasteiger partial charge in [0.05, 0.1) is 0 Å². The molecule has 1 saturated carbocycles. The maximum absolute atomic E-state index is 2.79. The molecule has 5 aliphatic rings. The Hall–Kier alpha value is -2.34. The van der Waals surface area contributed by atoms with Crippen molar-refractivity contribution < 1.29 is 0 Å². The molecule has 0 heterocycles. The van der Waals surface area contributed by atoms with E-state index in [4.69, 9.17) is 0 Å². The van der Waals surface area contributed by atoms with Crippen molar-refractivity contribution in [2.24, 2.45) is 28.6 Å². The van der Waals surface area contributed by atoms with E-state index in [2.05, 4.69) is 117 Å². The monoisotopic (exact) mass is 572 g/mol. The van der Waals surface area contributed by atoms with Gasteiger partial charge in [-0.1, -0.05) is 141 Å². The third kappa shape index (κ3) is 4.43. The van der Waals surface area contributed by atoms with Crippen molar-refractivity contribution in [3.8, 4) is 11.1 Å². The standard InChI is InChI=1S/C43H56/c1-40(2,3)28-19-21-32-34(23-28)35-24-29(41(4,5)6)20-22-33(35)39(32)43(27-15-11-10-12-16-27)37-18-14-13-17-31(37)36-25-30(26-38(36)43)42(7,8)9/h10-11,19-24,26-27,31,37,39H,12-18,25H2,1-9H3. The number of hydrogen-bond donors (Lipinski definition) is 0. The van der Waals surface area contributed by atoms with Crippen LogP contribution in [0.25, 0.3) is 11.1 Å². The predicted molar refractivity (Wildman–Crippen MR) is 185 cm³/mol. The zero-order valence-corrected chi connectivity index (χ0v) is 28.7. The van der Waals surface area contributed by atoms with Crippen LogP contribution in [0.3, 0.4) is 0 Å². The summed E-state index contributed by atoms with van der Waals surface area (Å²) < 4.78 is 0. The minimum Gasteiger partial charge on any atom is -0.0885 e. The first-order valence-corrected chi connectivity index (χ1v) is 17.6. The minimum atomic E-state index is 0.133. The van der Waals surface area contributed by atoms with E-state index in [1.54, 1.807) is 22.3 Å². The Morgan fingerprint density at radius 2 is 1.28 bits per heavy atom. The number of allylic oxidation sites excluding steroid dienone is 6. The van der Waals surface area contributed by atoms with Crippen molar-refractivity contribution in [2.75, 3.05) is 0 Å². The van der Waals surface area contributed by atoms with Gasteiger partial charge in [-0.25, -0.2) is 0 Å². The molecule has 0 bridgehead atoms. The minimum absolute atomic E-state index is 0.133. The fourth-order valence-corrected chi connectivity index (χ4v) is 10.2. The summed E-state index contributed by atoms with van der Waals surface area (Å²) in [4.78, 5) is 0. The van der Waals surface area contributed by atoms with E-state index in [9.17, 15) is 0 Å². The zero-order chi connectivity index (χ0) is 30.5. The number of fused-ring (bicyclic) bond motifs is 5. The van der Waals surface area contributed by atoms with Crippen LogP contribution in [0.15, 0.2) is 71.3 Å². The molecule has 0 N–H and O–H groups in total. The van der Waals surface area contributed by atoms with Crippen LogP contribution in [-0.2, 0) is 10.8 Å². The largest absolute Gasteiger partial charge is 0.0885 e. The first-order valence-electron chi connectivity index (χ1n) is 17.6.